The first-order valence-electron chi connectivity index (χ1n) is 8.27. The Morgan fingerprint density at radius 2 is 1.38 bits per heavy atom. The molecule has 2 aromatic carbocycles. The third-order valence-corrected chi connectivity index (χ3v) is 8.60. The molecule has 0 saturated heterocycles. The number of allylic oxidation sites excluding steroid dienone is 1. The molecule has 1 unspecified atom stereocenters. The third kappa shape index (κ3) is 2.68. The fourth-order valence-electron chi connectivity index (χ4n) is 3.45. The number of benzene rings is 2. The second kappa shape index (κ2) is 6.93. The van der Waals surface area contributed by atoms with Crippen molar-refractivity contribution in [2.45, 2.75) is 12.6 Å². The minimum atomic E-state index is -4.14. The second-order valence-electron chi connectivity index (χ2n) is 5.99. The molecule has 5 nitrogen and oxygen atoms in total. The summed E-state index contributed by atoms with van der Waals surface area (Å²) in [5, 5.41) is 0. The molecule has 0 bridgehead atoms. The molecule has 0 aliphatic carbocycles. The molecule has 1 heterocycles. The van der Waals surface area contributed by atoms with Gasteiger partial charge in [0.1, 0.15) is 0 Å². The number of Topliss-reactive ketones (excluding diaryl/α,β-unsaturated/α-hetero) is 1. The SMILES string of the molecule is COP1(OC)(OC)OC(c2ccccc2)=C(C(C)=O)C1c1ccccc1. The van der Waals surface area contributed by atoms with E-state index in [1.807, 2.05) is 60.7 Å². The van der Waals surface area contributed by atoms with E-state index < -0.39 is 13.2 Å². The van der Waals surface area contributed by atoms with Gasteiger partial charge in [0.2, 0.25) is 0 Å². The van der Waals surface area contributed by atoms with Crippen LogP contribution in [0.15, 0.2) is 66.2 Å². The summed E-state index contributed by atoms with van der Waals surface area (Å²) in [4.78, 5) is 12.7. The molecule has 2 aromatic rings. The summed E-state index contributed by atoms with van der Waals surface area (Å²) in [7, 11) is 0.338. The van der Waals surface area contributed by atoms with Crippen LogP contribution in [-0.2, 0) is 22.9 Å². The normalized spacial score (nSPS) is 22.3. The van der Waals surface area contributed by atoms with Crippen molar-refractivity contribution in [2.75, 3.05) is 21.3 Å². The maximum absolute atomic E-state index is 12.7. The maximum atomic E-state index is 12.7. The van der Waals surface area contributed by atoms with Gasteiger partial charge in [-0.3, -0.25) is 0 Å². The van der Waals surface area contributed by atoms with Gasteiger partial charge in [-0.25, -0.2) is 0 Å². The van der Waals surface area contributed by atoms with Crippen molar-refractivity contribution < 1.29 is 22.9 Å². The van der Waals surface area contributed by atoms with Crippen LogP contribution in [0.4, 0.5) is 0 Å². The van der Waals surface area contributed by atoms with Crippen molar-refractivity contribution in [3.8, 4) is 0 Å². The first-order valence-corrected chi connectivity index (χ1v) is 10.2. The Morgan fingerprint density at radius 3 is 1.85 bits per heavy atom. The van der Waals surface area contributed by atoms with Crippen LogP contribution in [0.25, 0.3) is 5.76 Å². The average Bonchev–Trinajstić information content (AvgIpc) is 3.03. The van der Waals surface area contributed by atoms with E-state index in [9.17, 15) is 4.79 Å². The summed E-state index contributed by atoms with van der Waals surface area (Å²) in [5.41, 5.74) is 1.50. The molecule has 138 valence electrons. The number of hydrogen-bond acceptors (Lipinski definition) is 5. The molecule has 3 rings (SSSR count). The Bertz CT molecular complexity index is 817. The molecular formula is C20H23O5P. The number of hydrogen-bond donors (Lipinski definition) is 0. The van der Waals surface area contributed by atoms with Crippen LogP contribution < -0.4 is 0 Å². The van der Waals surface area contributed by atoms with Gasteiger partial charge in [0.25, 0.3) is 0 Å². The average molecular weight is 374 g/mol. The van der Waals surface area contributed by atoms with Gasteiger partial charge in [0, 0.05) is 0 Å². The Balaban J connectivity index is 2.34. The van der Waals surface area contributed by atoms with Crippen molar-refractivity contribution in [1.82, 2.24) is 0 Å². The van der Waals surface area contributed by atoms with Crippen LogP contribution in [0.1, 0.15) is 23.7 Å². The monoisotopic (exact) mass is 374 g/mol. The molecular weight excluding hydrogens is 351 g/mol. The summed E-state index contributed by atoms with van der Waals surface area (Å²) < 4.78 is 23.9. The van der Waals surface area contributed by atoms with Crippen molar-refractivity contribution in [3.63, 3.8) is 0 Å². The number of ketones is 1. The first kappa shape index (κ1) is 18.7. The Hall–Kier alpha value is -2.04. The Kier molecular flexibility index (Phi) is 5.00. The molecule has 0 saturated carbocycles. The molecule has 0 N–H and O–H groups in total. The Morgan fingerprint density at radius 1 is 0.885 bits per heavy atom. The zero-order chi connectivity index (χ0) is 18.8. The molecule has 1 aliphatic rings. The molecule has 1 atom stereocenters. The van der Waals surface area contributed by atoms with Crippen LogP contribution in [0.3, 0.4) is 0 Å². The quantitative estimate of drug-likeness (QED) is 0.673. The van der Waals surface area contributed by atoms with Gasteiger partial charge < -0.3 is 0 Å². The zero-order valence-electron chi connectivity index (χ0n) is 15.3. The summed E-state index contributed by atoms with van der Waals surface area (Å²) in [6.45, 7) is 1.52. The van der Waals surface area contributed by atoms with Crippen LogP contribution in [-0.4, -0.2) is 27.1 Å². The van der Waals surface area contributed by atoms with Gasteiger partial charge in [-0.2, -0.15) is 0 Å². The van der Waals surface area contributed by atoms with Gasteiger partial charge >= 0.3 is 153 Å². The van der Waals surface area contributed by atoms with Crippen LogP contribution >= 0.6 is 7.51 Å². The van der Waals surface area contributed by atoms with Crippen LogP contribution in [0.2, 0.25) is 0 Å². The van der Waals surface area contributed by atoms with Crippen molar-refractivity contribution in [1.29, 1.82) is 0 Å². The predicted octanol–water partition coefficient (Wildman–Crippen LogP) is 4.91. The molecule has 0 aromatic heterocycles. The van der Waals surface area contributed by atoms with E-state index in [4.69, 9.17) is 18.1 Å². The van der Waals surface area contributed by atoms with Gasteiger partial charge in [0.15, 0.2) is 0 Å². The summed E-state index contributed by atoms with van der Waals surface area (Å²) in [6, 6.07) is 19.0. The van der Waals surface area contributed by atoms with E-state index in [1.165, 1.54) is 28.3 Å². The molecule has 26 heavy (non-hydrogen) atoms. The first-order chi connectivity index (χ1) is 12.5. The number of carbonyl (C=O) groups is 1. The van der Waals surface area contributed by atoms with Crippen molar-refractivity contribution in [3.05, 3.63) is 77.4 Å². The van der Waals surface area contributed by atoms with E-state index in [2.05, 4.69) is 0 Å². The van der Waals surface area contributed by atoms with E-state index in [1.54, 1.807) is 0 Å². The summed E-state index contributed by atoms with van der Waals surface area (Å²) in [6.07, 6.45) is 0. The van der Waals surface area contributed by atoms with Crippen LogP contribution in [0, 0.1) is 0 Å². The van der Waals surface area contributed by atoms with Crippen molar-refractivity contribution >= 4 is 19.1 Å². The number of carbonyl (C=O) groups excluding carboxylic acids is 1. The fraction of sp³-hybridized carbons (Fsp3) is 0.250. The van der Waals surface area contributed by atoms with Gasteiger partial charge in [-0.05, 0) is 0 Å². The summed E-state index contributed by atoms with van der Waals surface area (Å²) in [5.74, 6) is 0.325. The minimum absolute atomic E-state index is 0.115. The Labute approximate surface area is 153 Å². The topological polar surface area (TPSA) is 54.0 Å². The third-order valence-electron chi connectivity index (χ3n) is 4.71. The second-order valence-corrected chi connectivity index (χ2v) is 9.52. The molecule has 0 amide bonds. The van der Waals surface area contributed by atoms with Crippen molar-refractivity contribution in [2.24, 2.45) is 0 Å². The molecule has 0 spiro atoms. The van der Waals surface area contributed by atoms with Gasteiger partial charge in [-0.1, -0.05) is 0 Å². The van der Waals surface area contributed by atoms with Gasteiger partial charge in [-0.15, -0.1) is 0 Å². The zero-order valence-corrected chi connectivity index (χ0v) is 16.2. The molecule has 6 heteroatoms. The van der Waals surface area contributed by atoms with E-state index >= 15 is 0 Å². The van der Waals surface area contributed by atoms with Gasteiger partial charge in [0.05, 0.1) is 0 Å². The summed E-state index contributed by atoms with van der Waals surface area (Å²) >= 11 is 0. The molecule has 0 radical (unpaired) electrons. The molecule has 0 fully saturated rings. The van der Waals surface area contributed by atoms with E-state index in [0.717, 1.165) is 11.1 Å². The van der Waals surface area contributed by atoms with E-state index in [0.29, 0.717) is 11.3 Å². The molecule has 1 aliphatic heterocycles. The van der Waals surface area contributed by atoms with E-state index in [-0.39, 0.29) is 5.78 Å². The number of rotatable bonds is 6. The predicted molar refractivity (Wildman–Crippen MR) is 102 cm³/mol. The fourth-order valence-corrected chi connectivity index (χ4v) is 6.77. The van der Waals surface area contributed by atoms with Crippen LogP contribution in [0.5, 0.6) is 0 Å². The standard InChI is InChI=1S/C20H23O5P/c1-15(21)18-19(16-11-7-5-8-12-16)25-26(22-2,23-3,24-4)20(18)17-13-9-6-10-14-17/h5-14,20H,1-4H3.